The minimum Gasteiger partial charge on any atom is -0.466 e. The Bertz CT molecular complexity index is 197. The lowest BCUT2D eigenvalue weighted by molar-refractivity contribution is -0.146. The molecule has 0 heterocycles. The predicted molar refractivity (Wildman–Crippen MR) is 68.3 cm³/mol. The molecule has 0 aliphatic carbocycles. The second kappa shape index (κ2) is 10.7. The highest BCUT2D eigenvalue weighted by molar-refractivity contribution is 5.74. The molecular weight excluding hydrogens is 200 g/mol. The van der Waals surface area contributed by atoms with Gasteiger partial charge in [-0.1, -0.05) is 51.7 Å². The van der Waals surface area contributed by atoms with Crippen LogP contribution < -0.4 is 0 Å². The molecule has 0 aromatic heterocycles. The average molecular weight is 226 g/mol. The van der Waals surface area contributed by atoms with Crippen LogP contribution in [0.3, 0.4) is 0 Å². The zero-order valence-electron chi connectivity index (χ0n) is 11.0. The van der Waals surface area contributed by atoms with E-state index < -0.39 is 0 Å². The summed E-state index contributed by atoms with van der Waals surface area (Å²) in [7, 11) is 0. The van der Waals surface area contributed by atoms with Crippen LogP contribution in [0.4, 0.5) is 0 Å². The number of rotatable bonds is 9. The van der Waals surface area contributed by atoms with Crippen LogP contribution in [0, 0.1) is 5.92 Å². The molecule has 0 aliphatic rings. The van der Waals surface area contributed by atoms with Gasteiger partial charge in [-0.15, -0.1) is 0 Å². The summed E-state index contributed by atoms with van der Waals surface area (Å²) in [6.07, 6.45) is 10.7. The summed E-state index contributed by atoms with van der Waals surface area (Å²) in [6.45, 7) is 6.65. The molecule has 16 heavy (non-hydrogen) atoms. The molecule has 0 saturated heterocycles. The first-order valence-electron chi connectivity index (χ1n) is 6.59. The maximum Gasteiger partial charge on any atom is 0.312 e. The Kier molecular flexibility index (Phi) is 10.2. The summed E-state index contributed by atoms with van der Waals surface area (Å²) in [4.78, 5) is 11.6. The third-order valence-electron chi connectivity index (χ3n) is 2.55. The van der Waals surface area contributed by atoms with E-state index in [1.54, 1.807) is 0 Å². The summed E-state index contributed by atoms with van der Waals surface area (Å²) in [6, 6.07) is 0. The van der Waals surface area contributed by atoms with Crippen LogP contribution in [0.25, 0.3) is 0 Å². The monoisotopic (exact) mass is 226 g/mol. The minimum atomic E-state index is -0.0660. The minimum absolute atomic E-state index is 0.0308. The van der Waals surface area contributed by atoms with Gasteiger partial charge in [0.15, 0.2) is 0 Å². The lowest BCUT2D eigenvalue weighted by atomic mass is 10.0. The number of allylic oxidation sites excluding steroid dienone is 1. The third-order valence-corrected chi connectivity index (χ3v) is 2.55. The van der Waals surface area contributed by atoms with Crippen molar-refractivity contribution in [3.63, 3.8) is 0 Å². The fourth-order valence-corrected chi connectivity index (χ4v) is 1.55. The normalized spacial score (nSPS) is 12.9. The van der Waals surface area contributed by atoms with E-state index >= 15 is 0 Å². The number of ether oxygens (including phenoxy) is 1. The van der Waals surface area contributed by atoms with Crippen LogP contribution in [-0.4, -0.2) is 12.6 Å². The van der Waals surface area contributed by atoms with Gasteiger partial charge in [0.25, 0.3) is 0 Å². The smallest absolute Gasteiger partial charge is 0.312 e. The summed E-state index contributed by atoms with van der Waals surface area (Å²) < 4.78 is 5.07. The molecule has 1 atom stereocenters. The Balaban J connectivity index is 4.08. The molecule has 0 saturated carbocycles. The Labute approximate surface area is 100 Å². The topological polar surface area (TPSA) is 26.3 Å². The zero-order chi connectivity index (χ0) is 12.2. The van der Waals surface area contributed by atoms with Crippen LogP contribution in [0.15, 0.2) is 12.2 Å². The van der Waals surface area contributed by atoms with Crippen molar-refractivity contribution in [1.82, 2.24) is 0 Å². The van der Waals surface area contributed by atoms with Crippen molar-refractivity contribution in [2.75, 3.05) is 6.61 Å². The van der Waals surface area contributed by atoms with Gasteiger partial charge in [-0.2, -0.15) is 0 Å². The molecular formula is C14H26O2. The van der Waals surface area contributed by atoms with E-state index in [9.17, 15) is 4.79 Å². The molecule has 2 heteroatoms. The second-order valence-electron chi connectivity index (χ2n) is 4.07. The summed E-state index contributed by atoms with van der Waals surface area (Å²) >= 11 is 0. The van der Waals surface area contributed by atoms with E-state index in [4.69, 9.17) is 4.74 Å². The van der Waals surface area contributed by atoms with E-state index in [1.165, 1.54) is 12.8 Å². The Morgan fingerprint density at radius 3 is 2.44 bits per heavy atom. The second-order valence-corrected chi connectivity index (χ2v) is 4.07. The van der Waals surface area contributed by atoms with E-state index in [0.29, 0.717) is 6.61 Å². The van der Waals surface area contributed by atoms with Crippen molar-refractivity contribution < 1.29 is 9.53 Å². The van der Waals surface area contributed by atoms with Crippen LogP contribution in [-0.2, 0) is 9.53 Å². The molecule has 0 aromatic carbocycles. The van der Waals surface area contributed by atoms with Gasteiger partial charge in [-0.05, 0) is 19.8 Å². The maximum absolute atomic E-state index is 11.6. The molecule has 1 unspecified atom stereocenters. The maximum atomic E-state index is 11.6. The zero-order valence-corrected chi connectivity index (χ0v) is 11.0. The largest absolute Gasteiger partial charge is 0.466 e. The molecule has 0 aromatic rings. The summed E-state index contributed by atoms with van der Waals surface area (Å²) in [5, 5.41) is 0. The van der Waals surface area contributed by atoms with Gasteiger partial charge >= 0.3 is 5.97 Å². The Hall–Kier alpha value is -0.790. The van der Waals surface area contributed by atoms with Crippen LogP contribution >= 0.6 is 0 Å². The van der Waals surface area contributed by atoms with E-state index in [2.05, 4.69) is 19.9 Å². The van der Waals surface area contributed by atoms with E-state index in [0.717, 1.165) is 25.7 Å². The first-order chi connectivity index (χ1) is 7.76. The number of hydrogen-bond acceptors (Lipinski definition) is 2. The Morgan fingerprint density at radius 2 is 1.88 bits per heavy atom. The van der Waals surface area contributed by atoms with E-state index in [-0.39, 0.29) is 11.9 Å². The fourth-order valence-electron chi connectivity index (χ4n) is 1.55. The predicted octanol–water partition coefficient (Wildman–Crippen LogP) is 4.10. The van der Waals surface area contributed by atoms with Gasteiger partial charge in [0.2, 0.25) is 0 Å². The molecule has 2 nitrogen and oxygen atoms in total. The molecule has 0 rings (SSSR count). The molecule has 0 aliphatic heterocycles. The van der Waals surface area contributed by atoms with Crippen molar-refractivity contribution in [2.24, 2.45) is 5.92 Å². The highest BCUT2D eigenvalue weighted by atomic mass is 16.5. The first-order valence-corrected chi connectivity index (χ1v) is 6.59. The number of carbonyl (C=O) groups excluding carboxylic acids is 1. The number of unbranched alkanes of at least 4 members (excludes halogenated alkanes) is 3. The first kappa shape index (κ1) is 15.2. The molecule has 0 bridgehead atoms. The summed E-state index contributed by atoms with van der Waals surface area (Å²) in [5.74, 6) is -0.0968. The molecule has 0 fully saturated rings. The molecule has 94 valence electrons. The van der Waals surface area contributed by atoms with Crippen molar-refractivity contribution in [3.8, 4) is 0 Å². The standard InChI is InChI=1S/C14H26O2/c1-4-7-9-10-12-13(11-8-5-2)14(15)16-6-3/h10,12-13H,4-9,11H2,1-3H3/b12-10-. The van der Waals surface area contributed by atoms with Gasteiger partial charge < -0.3 is 4.74 Å². The molecule has 0 N–H and O–H groups in total. The van der Waals surface area contributed by atoms with Crippen molar-refractivity contribution in [3.05, 3.63) is 12.2 Å². The quantitative estimate of drug-likeness (QED) is 0.336. The third kappa shape index (κ3) is 7.49. The average Bonchev–Trinajstić information content (AvgIpc) is 2.28. The van der Waals surface area contributed by atoms with Gasteiger partial charge in [-0.25, -0.2) is 0 Å². The van der Waals surface area contributed by atoms with Crippen LogP contribution in [0.2, 0.25) is 0 Å². The number of esters is 1. The van der Waals surface area contributed by atoms with Crippen molar-refractivity contribution in [1.29, 1.82) is 0 Å². The number of hydrogen-bond donors (Lipinski definition) is 0. The van der Waals surface area contributed by atoms with Crippen molar-refractivity contribution >= 4 is 5.97 Å². The van der Waals surface area contributed by atoms with Crippen molar-refractivity contribution in [2.45, 2.75) is 59.3 Å². The van der Waals surface area contributed by atoms with Gasteiger partial charge in [0, 0.05) is 0 Å². The SMILES string of the molecule is CCCC/C=C\C(CCCC)C(=O)OCC. The highest BCUT2D eigenvalue weighted by Gasteiger charge is 2.15. The fraction of sp³-hybridized carbons (Fsp3) is 0.786. The van der Waals surface area contributed by atoms with Gasteiger partial charge in [0.05, 0.1) is 12.5 Å². The Morgan fingerprint density at radius 1 is 1.19 bits per heavy atom. The summed E-state index contributed by atoms with van der Waals surface area (Å²) in [5.41, 5.74) is 0. The van der Waals surface area contributed by atoms with Gasteiger partial charge in [0.1, 0.15) is 0 Å². The number of carbonyl (C=O) groups is 1. The molecule has 0 amide bonds. The molecule has 0 radical (unpaired) electrons. The van der Waals surface area contributed by atoms with Crippen LogP contribution in [0.1, 0.15) is 59.3 Å². The molecule has 0 spiro atoms. The highest BCUT2D eigenvalue weighted by Crippen LogP contribution is 2.13. The lowest BCUT2D eigenvalue weighted by Gasteiger charge is -2.10. The van der Waals surface area contributed by atoms with E-state index in [1.807, 2.05) is 13.0 Å². The lowest BCUT2D eigenvalue weighted by Crippen LogP contribution is -2.15. The van der Waals surface area contributed by atoms with Crippen LogP contribution in [0.5, 0.6) is 0 Å². The van der Waals surface area contributed by atoms with Gasteiger partial charge in [-0.3, -0.25) is 4.79 Å².